The van der Waals surface area contributed by atoms with Gasteiger partial charge in [0.05, 0.1) is 0 Å². The third-order valence-electron chi connectivity index (χ3n) is 5.02. The number of carbonyl (C=O) groups is 1. The second-order valence-corrected chi connectivity index (χ2v) is 9.46. The quantitative estimate of drug-likeness (QED) is 0.273. The van der Waals surface area contributed by atoms with Gasteiger partial charge in [0.15, 0.2) is 10.9 Å². The van der Waals surface area contributed by atoms with E-state index < -0.39 is 0 Å². The molecule has 0 saturated carbocycles. The Kier molecular flexibility index (Phi) is 6.16. The summed E-state index contributed by atoms with van der Waals surface area (Å²) in [7, 11) is 1.97. The lowest BCUT2D eigenvalue weighted by Crippen LogP contribution is -2.11. The lowest BCUT2D eigenvalue weighted by atomic mass is 10.0. The van der Waals surface area contributed by atoms with Crippen molar-refractivity contribution in [3.63, 3.8) is 0 Å². The SMILES string of the molecule is Cc1ccc(C(=O)[C@@H](Sc2nnc(Cc3cccs3)n2C)c2ccc(C)cc2)cc1. The van der Waals surface area contributed by atoms with Crippen LogP contribution >= 0.6 is 23.1 Å². The van der Waals surface area contributed by atoms with Gasteiger partial charge in [0, 0.05) is 23.9 Å². The van der Waals surface area contributed by atoms with Crippen LogP contribution in [0.15, 0.2) is 71.2 Å². The van der Waals surface area contributed by atoms with Crippen LogP contribution in [0.2, 0.25) is 0 Å². The van der Waals surface area contributed by atoms with Crippen LogP contribution in [-0.2, 0) is 13.5 Å². The van der Waals surface area contributed by atoms with Crippen molar-refractivity contribution in [1.82, 2.24) is 14.8 Å². The van der Waals surface area contributed by atoms with Crippen LogP contribution in [0.5, 0.6) is 0 Å². The van der Waals surface area contributed by atoms with Gasteiger partial charge in [-0.15, -0.1) is 21.5 Å². The van der Waals surface area contributed by atoms with Crippen molar-refractivity contribution >= 4 is 28.9 Å². The van der Waals surface area contributed by atoms with Crippen molar-refractivity contribution < 1.29 is 4.79 Å². The lowest BCUT2D eigenvalue weighted by Gasteiger charge is -2.16. The fourth-order valence-corrected chi connectivity index (χ4v) is 4.96. The summed E-state index contributed by atoms with van der Waals surface area (Å²) in [6.45, 7) is 4.07. The number of benzene rings is 2. The van der Waals surface area contributed by atoms with E-state index in [2.05, 4.69) is 21.6 Å². The molecule has 4 rings (SSSR count). The maximum Gasteiger partial charge on any atom is 0.192 e. The molecule has 152 valence electrons. The predicted molar refractivity (Wildman–Crippen MR) is 123 cm³/mol. The second-order valence-electron chi connectivity index (χ2n) is 7.35. The minimum atomic E-state index is -0.384. The van der Waals surface area contributed by atoms with Crippen LogP contribution in [0.3, 0.4) is 0 Å². The van der Waals surface area contributed by atoms with Crippen molar-refractivity contribution in [3.05, 3.63) is 99.0 Å². The van der Waals surface area contributed by atoms with E-state index in [4.69, 9.17) is 0 Å². The van der Waals surface area contributed by atoms with Crippen molar-refractivity contribution in [2.24, 2.45) is 7.05 Å². The first-order valence-electron chi connectivity index (χ1n) is 9.76. The zero-order valence-corrected chi connectivity index (χ0v) is 18.8. The van der Waals surface area contributed by atoms with Crippen LogP contribution < -0.4 is 0 Å². The zero-order chi connectivity index (χ0) is 21.1. The zero-order valence-electron chi connectivity index (χ0n) is 17.2. The first kappa shape index (κ1) is 20.6. The predicted octanol–water partition coefficient (Wildman–Crippen LogP) is 5.80. The highest BCUT2D eigenvalue weighted by molar-refractivity contribution is 8.00. The van der Waals surface area contributed by atoms with Crippen molar-refractivity contribution in [2.45, 2.75) is 30.7 Å². The highest BCUT2D eigenvalue weighted by atomic mass is 32.2. The molecular weight excluding hydrogens is 410 g/mol. The largest absolute Gasteiger partial charge is 0.309 e. The Balaban J connectivity index is 1.65. The molecule has 0 aliphatic carbocycles. The molecule has 30 heavy (non-hydrogen) atoms. The summed E-state index contributed by atoms with van der Waals surface area (Å²) in [6, 6.07) is 20.0. The van der Waals surface area contributed by atoms with Crippen LogP contribution in [0.25, 0.3) is 0 Å². The molecule has 0 bridgehead atoms. The third-order valence-corrected chi connectivity index (χ3v) is 7.18. The average molecular weight is 434 g/mol. The Hall–Kier alpha value is -2.70. The van der Waals surface area contributed by atoms with E-state index in [0.29, 0.717) is 5.56 Å². The molecule has 0 spiro atoms. The summed E-state index contributed by atoms with van der Waals surface area (Å²) >= 11 is 3.17. The summed E-state index contributed by atoms with van der Waals surface area (Å²) in [5.41, 5.74) is 3.98. The number of Topliss-reactive ketones (excluding diaryl/α,β-unsaturated/α-hetero) is 1. The van der Waals surface area contributed by atoms with E-state index in [9.17, 15) is 4.79 Å². The number of aryl methyl sites for hydroxylation is 2. The normalized spacial score (nSPS) is 12.1. The molecule has 0 fully saturated rings. The fraction of sp³-hybridized carbons (Fsp3) is 0.208. The molecule has 6 heteroatoms. The van der Waals surface area contributed by atoms with Gasteiger partial charge in [0.25, 0.3) is 0 Å². The van der Waals surface area contributed by atoms with Gasteiger partial charge < -0.3 is 4.57 Å². The molecule has 4 aromatic rings. The Morgan fingerprint density at radius 3 is 2.30 bits per heavy atom. The molecule has 2 aromatic carbocycles. The van der Waals surface area contributed by atoms with E-state index in [1.165, 1.54) is 22.2 Å². The second kappa shape index (κ2) is 8.98. The molecule has 2 heterocycles. The standard InChI is InChI=1S/C24H23N3OS2/c1-16-6-10-18(11-7-16)22(28)23(19-12-8-17(2)9-13-19)30-24-26-25-21(27(24)3)15-20-5-4-14-29-20/h4-14,23H,15H2,1-3H3/t23-/m0/s1. The number of thioether (sulfide) groups is 1. The van der Waals surface area contributed by atoms with Gasteiger partial charge in [-0.2, -0.15) is 0 Å². The van der Waals surface area contributed by atoms with Gasteiger partial charge in [0.2, 0.25) is 0 Å². The molecule has 0 saturated heterocycles. The number of hydrogen-bond acceptors (Lipinski definition) is 5. The average Bonchev–Trinajstić information content (AvgIpc) is 3.38. The van der Waals surface area contributed by atoms with Gasteiger partial charge in [0.1, 0.15) is 11.1 Å². The highest BCUT2D eigenvalue weighted by Crippen LogP contribution is 2.37. The molecular formula is C24H23N3OS2. The molecule has 0 radical (unpaired) electrons. The summed E-state index contributed by atoms with van der Waals surface area (Å²) in [5, 5.41) is 11.2. The van der Waals surface area contributed by atoms with E-state index >= 15 is 0 Å². The first-order valence-corrected chi connectivity index (χ1v) is 11.5. The summed E-state index contributed by atoms with van der Waals surface area (Å²) < 4.78 is 1.99. The summed E-state index contributed by atoms with van der Waals surface area (Å²) in [4.78, 5) is 14.7. The smallest absolute Gasteiger partial charge is 0.192 e. The van der Waals surface area contributed by atoms with E-state index in [0.717, 1.165) is 28.5 Å². The first-order chi connectivity index (χ1) is 14.5. The maximum absolute atomic E-state index is 13.4. The van der Waals surface area contributed by atoms with Crippen molar-refractivity contribution in [3.8, 4) is 0 Å². The van der Waals surface area contributed by atoms with Gasteiger partial charge in [-0.25, -0.2) is 0 Å². The number of thiophene rings is 1. The fourth-order valence-electron chi connectivity index (χ4n) is 3.16. The number of aromatic nitrogens is 3. The summed E-state index contributed by atoms with van der Waals surface area (Å²) in [6.07, 6.45) is 0.739. The third kappa shape index (κ3) is 4.55. The minimum Gasteiger partial charge on any atom is -0.309 e. The molecule has 0 amide bonds. The molecule has 0 aliphatic heterocycles. The van der Waals surface area contributed by atoms with E-state index in [-0.39, 0.29) is 11.0 Å². The Morgan fingerprint density at radius 2 is 1.67 bits per heavy atom. The van der Waals surface area contributed by atoms with Gasteiger partial charge >= 0.3 is 0 Å². The number of rotatable bonds is 7. The van der Waals surface area contributed by atoms with Crippen molar-refractivity contribution in [1.29, 1.82) is 0 Å². The number of hydrogen-bond donors (Lipinski definition) is 0. The highest BCUT2D eigenvalue weighted by Gasteiger charge is 2.26. The number of nitrogens with zero attached hydrogens (tertiary/aromatic N) is 3. The monoisotopic (exact) mass is 433 g/mol. The van der Waals surface area contributed by atoms with E-state index in [1.54, 1.807) is 11.3 Å². The van der Waals surface area contributed by atoms with Crippen LogP contribution in [0.1, 0.15) is 43.0 Å². The molecule has 1 atom stereocenters. The maximum atomic E-state index is 13.4. The molecule has 4 nitrogen and oxygen atoms in total. The number of ketones is 1. The van der Waals surface area contributed by atoms with Gasteiger partial charge in [-0.05, 0) is 30.9 Å². The molecule has 0 unspecified atom stereocenters. The Labute approximate surface area is 185 Å². The van der Waals surface area contributed by atoms with E-state index in [1.807, 2.05) is 80.1 Å². The van der Waals surface area contributed by atoms with Crippen molar-refractivity contribution in [2.75, 3.05) is 0 Å². The van der Waals surface area contributed by atoms with Gasteiger partial charge in [-0.1, -0.05) is 77.5 Å². The van der Waals surface area contributed by atoms with Crippen LogP contribution in [0.4, 0.5) is 0 Å². The minimum absolute atomic E-state index is 0.0756. The Bertz CT molecular complexity index is 1130. The summed E-state index contributed by atoms with van der Waals surface area (Å²) in [5.74, 6) is 0.969. The molecule has 0 aliphatic rings. The van der Waals surface area contributed by atoms with Crippen LogP contribution in [0, 0.1) is 13.8 Å². The lowest BCUT2D eigenvalue weighted by molar-refractivity contribution is 0.0989. The molecule has 2 aromatic heterocycles. The number of carbonyl (C=O) groups excluding carboxylic acids is 1. The Morgan fingerprint density at radius 1 is 1.00 bits per heavy atom. The van der Waals surface area contributed by atoms with Gasteiger partial charge in [-0.3, -0.25) is 4.79 Å². The topological polar surface area (TPSA) is 47.8 Å². The van der Waals surface area contributed by atoms with Crippen LogP contribution in [-0.4, -0.2) is 20.5 Å². The molecule has 0 N–H and O–H groups in total.